The first-order valence-electron chi connectivity index (χ1n) is 12.9. The fraction of sp³-hybridized carbons (Fsp3) is 0.345. The van der Waals surface area contributed by atoms with Crippen LogP contribution in [0.5, 0.6) is 0 Å². The van der Waals surface area contributed by atoms with Crippen LogP contribution < -0.4 is 21.3 Å². The van der Waals surface area contributed by atoms with E-state index < -0.39 is 12.1 Å². The minimum absolute atomic E-state index is 0.00785. The highest BCUT2D eigenvalue weighted by Gasteiger charge is 2.24. The second kappa shape index (κ2) is 13.4. The van der Waals surface area contributed by atoms with Crippen LogP contribution in [0.25, 0.3) is 10.8 Å². The van der Waals surface area contributed by atoms with E-state index in [1.807, 2.05) is 66.7 Å². The summed E-state index contributed by atoms with van der Waals surface area (Å²) >= 11 is 1.67. The normalized spacial score (nSPS) is 14.9. The maximum Gasteiger partial charge on any atom is 0.243 e. The number of carbonyl (C=O) groups excluding carboxylic acids is 3. The number of nitrogens with two attached hydrogens (primary N) is 1. The van der Waals surface area contributed by atoms with Crippen molar-refractivity contribution in [1.82, 2.24) is 10.6 Å². The van der Waals surface area contributed by atoms with Gasteiger partial charge < -0.3 is 26.4 Å². The number of aliphatic hydroxyl groups excluding tert-OH is 1. The zero-order valence-corrected chi connectivity index (χ0v) is 22.1. The lowest BCUT2D eigenvalue weighted by molar-refractivity contribution is -0.129. The van der Waals surface area contributed by atoms with E-state index in [9.17, 15) is 19.5 Å². The van der Waals surface area contributed by atoms with E-state index in [2.05, 4.69) is 10.6 Å². The van der Waals surface area contributed by atoms with Crippen LogP contribution in [0.2, 0.25) is 0 Å². The summed E-state index contributed by atoms with van der Waals surface area (Å²) in [5, 5.41) is 17.5. The Kier molecular flexibility index (Phi) is 9.75. The van der Waals surface area contributed by atoms with Gasteiger partial charge in [-0.15, -0.1) is 11.8 Å². The molecule has 38 heavy (non-hydrogen) atoms. The van der Waals surface area contributed by atoms with E-state index in [0.29, 0.717) is 25.8 Å². The molecule has 0 spiro atoms. The third kappa shape index (κ3) is 7.34. The molecule has 9 heteroatoms. The summed E-state index contributed by atoms with van der Waals surface area (Å²) in [5.74, 6) is 0.134. The molecular formula is C29H34N4O4S. The van der Waals surface area contributed by atoms with Crippen LogP contribution in [0.4, 0.5) is 5.69 Å². The van der Waals surface area contributed by atoms with Crippen LogP contribution in [0, 0.1) is 0 Å². The number of aliphatic hydroxyl groups is 1. The Morgan fingerprint density at radius 3 is 2.63 bits per heavy atom. The maximum absolute atomic E-state index is 13.0. The number of nitrogens with zero attached hydrogens (tertiary/aromatic N) is 1. The van der Waals surface area contributed by atoms with Gasteiger partial charge in [-0.05, 0) is 34.9 Å². The third-order valence-corrected chi connectivity index (χ3v) is 7.57. The van der Waals surface area contributed by atoms with E-state index in [0.717, 1.165) is 32.7 Å². The minimum atomic E-state index is -0.858. The van der Waals surface area contributed by atoms with E-state index in [1.165, 1.54) is 0 Å². The number of anilines is 1. The minimum Gasteiger partial charge on any atom is -0.390 e. The van der Waals surface area contributed by atoms with Gasteiger partial charge >= 0.3 is 0 Å². The highest BCUT2D eigenvalue weighted by Crippen LogP contribution is 2.34. The quantitative estimate of drug-likeness (QED) is 0.300. The number of fused-ring (bicyclic) bond motifs is 2. The SMILES string of the molecule is NC[C@@H](O)CNC(=O)[C@@H](Cc1ccc2ccccc2c1)NC(=O)CCCN1C(=O)CCSc2ccccc21. The molecule has 0 saturated carbocycles. The molecule has 1 aliphatic heterocycles. The third-order valence-electron chi connectivity index (χ3n) is 6.51. The number of thioether (sulfide) groups is 1. The zero-order valence-electron chi connectivity index (χ0n) is 21.3. The Labute approximate surface area is 227 Å². The van der Waals surface area contributed by atoms with Gasteiger partial charge in [0.05, 0.1) is 11.8 Å². The van der Waals surface area contributed by atoms with Crippen molar-refractivity contribution in [2.75, 3.05) is 30.3 Å². The molecule has 1 heterocycles. The molecule has 0 saturated heterocycles. The molecule has 4 rings (SSSR count). The van der Waals surface area contributed by atoms with Gasteiger partial charge in [0.15, 0.2) is 0 Å². The summed E-state index contributed by atoms with van der Waals surface area (Å²) in [4.78, 5) is 41.4. The van der Waals surface area contributed by atoms with Crippen molar-refractivity contribution >= 4 is 45.9 Å². The standard InChI is InChI=1S/C29H34N4O4S/c30-18-23(34)19-31-29(37)24(17-20-11-12-21-6-1-2-7-22(21)16-20)32-27(35)10-5-14-33-25-8-3-4-9-26(25)38-15-13-28(33)36/h1-4,6-9,11-12,16,23-24,34H,5,10,13-15,17-19,30H2,(H,31,37)(H,32,35)/t23-,24-/m1/s1. The molecule has 0 fully saturated rings. The van der Waals surface area contributed by atoms with Crippen LogP contribution in [-0.4, -0.2) is 60.4 Å². The first-order chi connectivity index (χ1) is 18.4. The van der Waals surface area contributed by atoms with Crippen LogP contribution >= 0.6 is 11.8 Å². The van der Waals surface area contributed by atoms with Gasteiger partial charge in [-0.1, -0.05) is 54.6 Å². The lowest BCUT2D eigenvalue weighted by Crippen LogP contribution is -2.50. The number of carbonyl (C=O) groups is 3. The van der Waals surface area contributed by atoms with Crippen molar-refractivity contribution in [2.45, 2.75) is 42.7 Å². The first kappa shape index (κ1) is 27.6. The second-order valence-electron chi connectivity index (χ2n) is 9.36. The van der Waals surface area contributed by atoms with Gasteiger partial charge in [-0.25, -0.2) is 0 Å². The van der Waals surface area contributed by atoms with Gasteiger partial charge in [-0.2, -0.15) is 0 Å². The largest absolute Gasteiger partial charge is 0.390 e. The molecule has 0 radical (unpaired) electrons. The van der Waals surface area contributed by atoms with Crippen LogP contribution in [0.1, 0.15) is 24.8 Å². The van der Waals surface area contributed by atoms with Gasteiger partial charge in [0.25, 0.3) is 0 Å². The number of nitrogens with one attached hydrogen (secondary N) is 2. The molecule has 0 unspecified atom stereocenters. The molecule has 5 N–H and O–H groups in total. The Hall–Kier alpha value is -3.40. The summed E-state index contributed by atoms with van der Waals surface area (Å²) in [5.41, 5.74) is 7.25. The lowest BCUT2D eigenvalue weighted by Gasteiger charge is -2.23. The molecule has 0 bridgehead atoms. The first-order valence-corrected chi connectivity index (χ1v) is 13.9. The van der Waals surface area contributed by atoms with Crippen molar-refractivity contribution in [2.24, 2.45) is 5.73 Å². The second-order valence-corrected chi connectivity index (χ2v) is 10.5. The van der Waals surface area contributed by atoms with Crippen molar-refractivity contribution in [1.29, 1.82) is 0 Å². The number of hydrogen-bond acceptors (Lipinski definition) is 6. The summed E-state index contributed by atoms with van der Waals surface area (Å²) in [6, 6.07) is 20.9. The van der Waals surface area contributed by atoms with Crippen molar-refractivity contribution in [3.8, 4) is 0 Å². The monoisotopic (exact) mass is 534 g/mol. The fourth-order valence-electron chi connectivity index (χ4n) is 4.46. The molecule has 2 atom stereocenters. The van der Waals surface area contributed by atoms with Gasteiger partial charge in [0.2, 0.25) is 17.7 Å². The van der Waals surface area contributed by atoms with E-state index in [4.69, 9.17) is 5.73 Å². The Morgan fingerprint density at radius 2 is 1.82 bits per heavy atom. The molecule has 3 amide bonds. The summed E-state index contributed by atoms with van der Waals surface area (Å²) in [7, 11) is 0. The molecule has 8 nitrogen and oxygen atoms in total. The summed E-state index contributed by atoms with van der Waals surface area (Å²) in [6.07, 6.45) is 0.534. The van der Waals surface area contributed by atoms with Gasteiger partial charge in [0, 0.05) is 49.5 Å². The number of benzene rings is 3. The smallest absolute Gasteiger partial charge is 0.243 e. The fourth-order valence-corrected chi connectivity index (χ4v) is 5.46. The Morgan fingerprint density at radius 1 is 1.05 bits per heavy atom. The number of para-hydroxylation sites is 1. The summed E-state index contributed by atoms with van der Waals surface area (Å²) in [6.45, 7) is 0.459. The zero-order chi connectivity index (χ0) is 26.9. The average molecular weight is 535 g/mol. The molecule has 0 aromatic heterocycles. The topological polar surface area (TPSA) is 125 Å². The maximum atomic E-state index is 13.0. The Bertz CT molecular complexity index is 1280. The number of hydrogen-bond donors (Lipinski definition) is 4. The molecule has 200 valence electrons. The summed E-state index contributed by atoms with van der Waals surface area (Å²) < 4.78 is 0. The van der Waals surface area contributed by atoms with Crippen molar-refractivity contribution in [3.05, 3.63) is 72.3 Å². The van der Waals surface area contributed by atoms with Gasteiger partial charge in [0.1, 0.15) is 6.04 Å². The van der Waals surface area contributed by atoms with E-state index in [1.54, 1.807) is 16.7 Å². The van der Waals surface area contributed by atoms with E-state index >= 15 is 0 Å². The molecule has 0 aliphatic carbocycles. The van der Waals surface area contributed by atoms with E-state index in [-0.39, 0.29) is 37.2 Å². The molecule has 1 aliphatic rings. The molecule has 3 aromatic carbocycles. The predicted molar refractivity (Wildman–Crippen MR) is 151 cm³/mol. The van der Waals surface area contributed by atoms with Crippen molar-refractivity contribution < 1.29 is 19.5 Å². The molecule has 3 aromatic rings. The van der Waals surface area contributed by atoms with Crippen molar-refractivity contribution in [3.63, 3.8) is 0 Å². The average Bonchev–Trinajstić information content (AvgIpc) is 3.09. The number of rotatable bonds is 11. The van der Waals surface area contributed by atoms with Crippen LogP contribution in [-0.2, 0) is 20.8 Å². The van der Waals surface area contributed by atoms with Crippen LogP contribution in [0.3, 0.4) is 0 Å². The lowest BCUT2D eigenvalue weighted by atomic mass is 10.0. The molecular weight excluding hydrogens is 500 g/mol. The Balaban J connectivity index is 1.40. The van der Waals surface area contributed by atoms with Gasteiger partial charge in [-0.3, -0.25) is 14.4 Å². The van der Waals surface area contributed by atoms with Crippen LogP contribution in [0.15, 0.2) is 71.6 Å². The predicted octanol–water partition coefficient (Wildman–Crippen LogP) is 2.61. The number of amides is 3. The highest BCUT2D eigenvalue weighted by molar-refractivity contribution is 7.99. The highest BCUT2D eigenvalue weighted by atomic mass is 32.2.